The van der Waals surface area contributed by atoms with Crippen LogP contribution >= 0.6 is 11.8 Å². The highest BCUT2D eigenvalue weighted by Gasteiger charge is 1.95. The molecule has 0 aliphatic heterocycles. The van der Waals surface area contributed by atoms with Crippen molar-refractivity contribution in [3.63, 3.8) is 0 Å². The summed E-state index contributed by atoms with van der Waals surface area (Å²) in [6, 6.07) is 1.97. The first-order valence-corrected chi connectivity index (χ1v) is 4.47. The van der Waals surface area contributed by atoms with Crippen molar-refractivity contribution in [2.75, 3.05) is 12.4 Å². The van der Waals surface area contributed by atoms with E-state index in [0.717, 1.165) is 5.75 Å². The summed E-state index contributed by atoms with van der Waals surface area (Å²) in [5.74, 6) is 0.755. The number of aliphatic hydroxyl groups excluding tert-OH is 1. The van der Waals surface area contributed by atoms with E-state index in [0.29, 0.717) is 0 Å². The quantitative estimate of drug-likeness (QED) is 0.696. The van der Waals surface area contributed by atoms with Crippen molar-refractivity contribution in [2.24, 2.45) is 0 Å². The molecule has 1 N–H and O–H groups in total. The number of rotatable bonds is 3. The average Bonchev–Trinajstić information content (AvgIpc) is 2.03. The predicted octanol–water partition coefficient (Wildman–Crippen LogP) is 1.47. The molecular formula is C8H11NOS. The fourth-order valence-electron chi connectivity index (χ4n) is 0.778. The van der Waals surface area contributed by atoms with E-state index in [4.69, 9.17) is 5.11 Å². The molecule has 1 rings (SSSR count). The highest BCUT2D eigenvalue weighted by atomic mass is 32.2. The number of thioether (sulfide) groups is 1. The Bertz CT molecular complexity index is 227. The summed E-state index contributed by atoms with van der Waals surface area (Å²) in [5, 5.41) is 8.58. The number of hydrogen-bond donors (Lipinski definition) is 1. The maximum atomic E-state index is 8.58. The zero-order valence-electron chi connectivity index (χ0n) is 6.45. The number of hydrogen-bond acceptors (Lipinski definition) is 3. The van der Waals surface area contributed by atoms with Gasteiger partial charge in [0.25, 0.3) is 0 Å². The molecule has 1 heterocycles. The minimum atomic E-state index is 0.229. The van der Waals surface area contributed by atoms with Gasteiger partial charge in [-0.05, 0) is 18.6 Å². The van der Waals surface area contributed by atoms with Gasteiger partial charge in [0.15, 0.2) is 0 Å². The normalized spacial score (nSPS) is 10.0. The summed E-state index contributed by atoms with van der Waals surface area (Å²) in [6.07, 6.45) is 3.60. The third-order valence-corrected chi connectivity index (χ3v) is 2.47. The van der Waals surface area contributed by atoms with E-state index in [1.165, 1.54) is 10.5 Å². The van der Waals surface area contributed by atoms with E-state index in [1.807, 2.05) is 19.2 Å². The molecule has 60 valence electrons. The van der Waals surface area contributed by atoms with Crippen LogP contribution in [0.3, 0.4) is 0 Å². The second kappa shape index (κ2) is 4.36. The van der Waals surface area contributed by atoms with Gasteiger partial charge in [0.2, 0.25) is 0 Å². The lowest BCUT2D eigenvalue weighted by molar-refractivity contribution is 0.322. The Morgan fingerprint density at radius 3 is 3.09 bits per heavy atom. The number of nitrogens with zero attached hydrogens (tertiary/aromatic N) is 1. The molecule has 0 unspecified atom stereocenters. The van der Waals surface area contributed by atoms with Gasteiger partial charge in [-0.3, -0.25) is 4.98 Å². The number of aliphatic hydroxyl groups is 1. The summed E-state index contributed by atoms with van der Waals surface area (Å²) in [6.45, 7) is 2.25. The van der Waals surface area contributed by atoms with Crippen molar-refractivity contribution >= 4 is 11.8 Å². The molecule has 0 fully saturated rings. The van der Waals surface area contributed by atoms with Gasteiger partial charge in [-0.25, -0.2) is 0 Å². The highest BCUT2D eigenvalue weighted by molar-refractivity contribution is 7.99. The van der Waals surface area contributed by atoms with E-state index in [1.54, 1.807) is 18.0 Å². The zero-order valence-corrected chi connectivity index (χ0v) is 7.27. The molecule has 11 heavy (non-hydrogen) atoms. The lowest BCUT2D eigenvalue weighted by atomic mass is 10.3. The minimum absolute atomic E-state index is 0.229. The van der Waals surface area contributed by atoms with Crippen LogP contribution in [-0.4, -0.2) is 22.5 Å². The molecule has 0 radical (unpaired) electrons. The van der Waals surface area contributed by atoms with Gasteiger partial charge >= 0.3 is 0 Å². The Hall–Kier alpha value is -0.540. The zero-order chi connectivity index (χ0) is 8.10. The molecule has 0 saturated heterocycles. The van der Waals surface area contributed by atoms with Gasteiger partial charge in [0.1, 0.15) is 0 Å². The second-order valence-corrected chi connectivity index (χ2v) is 3.35. The highest BCUT2D eigenvalue weighted by Crippen LogP contribution is 2.19. The number of pyridine rings is 1. The van der Waals surface area contributed by atoms with Crippen molar-refractivity contribution in [1.29, 1.82) is 0 Å². The van der Waals surface area contributed by atoms with Crippen molar-refractivity contribution in [3.05, 3.63) is 24.0 Å². The third kappa shape index (κ3) is 2.52. The van der Waals surface area contributed by atoms with Crippen LogP contribution in [-0.2, 0) is 0 Å². The van der Waals surface area contributed by atoms with Crippen LogP contribution in [0.4, 0.5) is 0 Å². The lowest BCUT2D eigenvalue weighted by Gasteiger charge is -2.01. The Labute approximate surface area is 70.7 Å². The smallest absolute Gasteiger partial charge is 0.0525 e. The molecule has 0 aliphatic carbocycles. The Kier molecular flexibility index (Phi) is 3.39. The largest absolute Gasteiger partial charge is 0.396 e. The molecule has 0 aromatic carbocycles. The van der Waals surface area contributed by atoms with E-state index < -0.39 is 0 Å². The first-order chi connectivity index (χ1) is 5.34. The molecule has 0 aliphatic rings. The van der Waals surface area contributed by atoms with E-state index in [9.17, 15) is 0 Å². The monoisotopic (exact) mass is 169 g/mol. The summed E-state index contributed by atoms with van der Waals surface area (Å²) < 4.78 is 0. The third-order valence-electron chi connectivity index (χ3n) is 1.32. The van der Waals surface area contributed by atoms with Crippen molar-refractivity contribution in [3.8, 4) is 0 Å². The lowest BCUT2D eigenvalue weighted by Crippen LogP contribution is -1.87. The van der Waals surface area contributed by atoms with E-state index in [2.05, 4.69) is 4.98 Å². The second-order valence-electron chi connectivity index (χ2n) is 2.21. The summed E-state index contributed by atoms with van der Waals surface area (Å²) in [4.78, 5) is 5.18. The van der Waals surface area contributed by atoms with E-state index in [-0.39, 0.29) is 6.61 Å². The predicted molar refractivity (Wildman–Crippen MR) is 46.8 cm³/mol. The minimum Gasteiger partial charge on any atom is -0.396 e. The van der Waals surface area contributed by atoms with Crippen molar-refractivity contribution < 1.29 is 5.11 Å². The van der Waals surface area contributed by atoms with Gasteiger partial charge in [-0.2, -0.15) is 0 Å². The van der Waals surface area contributed by atoms with Crippen LogP contribution in [0.5, 0.6) is 0 Å². The summed E-state index contributed by atoms with van der Waals surface area (Å²) in [5.41, 5.74) is 1.17. The first kappa shape index (κ1) is 8.56. The molecule has 0 atom stereocenters. The van der Waals surface area contributed by atoms with Gasteiger partial charge in [0.05, 0.1) is 6.61 Å². The maximum Gasteiger partial charge on any atom is 0.0525 e. The topological polar surface area (TPSA) is 33.1 Å². The Morgan fingerprint density at radius 1 is 1.64 bits per heavy atom. The number of aromatic nitrogens is 1. The molecule has 0 spiro atoms. The molecule has 1 aromatic rings. The Balaban J connectivity index is 2.62. The molecule has 0 amide bonds. The van der Waals surface area contributed by atoms with Crippen LogP contribution in [0.25, 0.3) is 0 Å². The average molecular weight is 169 g/mol. The molecule has 1 aromatic heterocycles. The maximum absolute atomic E-state index is 8.58. The fraction of sp³-hybridized carbons (Fsp3) is 0.375. The molecular weight excluding hydrogens is 158 g/mol. The number of aryl methyl sites for hydroxylation is 1. The van der Waals surface area contributed by atoms with Gasteiger partial charge < -0.3 is 5.11 Å². The van der Waals surface area contributed by atoms with Crippen molar-refractivity contribution in [2.45, 2.75) is 11.8 Å². The van der Waals surface area contributed by atoms with Gasteiger partial charge in [0, 0.05) is 23.0 Å². The summed E-state index contributed by atoms with van der Waals surface area (Å²) in [7, 11) is 0. The fourth-order valence-corrected chi connectivity index (χ4v) is 1.53. The standard InChI is InChI=1S/C8H11NOS/c1-7-6-9-3-2-8(7)11-5-4-10/h2-3,6,10H,4-5H2,1H3. The van der Waals surface area contributed by atoms with Crippen LogP contribution in [0.1, 0.15) is 5.56 Å². The van der Waals surface area contributed by atoms with E-state index >= 15 is 0 Å². The summed E-state index contributed by atoms with van der Waals surface area (Å²) >= 11 is 1.66. The van der Waals surface area contributed by atoms with Crippen LogP contribution in [0.15, 0.2) is 23.4 Å². The molecule has 0 saturated carbocycles. The SMILES string of the molecule is Cc1cnccc1SCCO. The van der Waals surface area contributed by atoms with Crippen molar-refractivity contribution in [1.82, 2.24) is 4.98 Å². The van der Waals surface area contributed by atoms with Crippen LogP contribution in [0.2, 0.25) is 0 Å². The first-order valence-electron chi connectivity index (χ1n) is 3.49. The van der Waals surface area contributed by atoms with Crippen LogP contribution in [0, 0.1) is 6.92 Å². The Morgan fingerprint density at radius 2 is 2.45 bits per heavy atom. The van der Waals surface area contributed by atoms with Gasteiger partial charge in [-0.15, -0.1) is 11.8 Å². The molecule has 0 bridgehead atoms. The molecule has 2 nitrogen and oxygen atoms in total. The molecule has 3 heteroatoms. The van der Waals surface area contributed by atoms with Crippen LogP contribution < -0.4 is 0 Å². The van der Waals surface area contributed by atoms with Gasteiger partial charge in [-0.1, -0.05) is 0 Å².